The van der Waals surface area contributed by atoms with E-state index in [1.54, 1.807) is 6.07 Å². The van der Waals surface area contributed by atoms with Crippen molar-refractivity contribution in [3.05, 3.63) is 65.0 Å². The minimum Gasteiger partial charge on any atom is -0.351 e. The summed E-state index contributed by atoms with van der Waals surface area (Å²) in [6, 6.07) is 12.4. The Hall–Kier alpha value is -2.69. The first-order valence-corrected chi connectivity index (χ1v) is 11.0. The van der Waals surface area contributed by atoms with E-state index in [0.717, 1.165) is 48.9 Å². The van der Waals surface area contributed by atoms with Gasteiger partial charge >= 0.3 is 0 Å². The highest BCUT2D eigenvalue weighted by molar-refractivity contribution is 5.98. The Bertz CT molecular complexity index is 933. The summed E-state index contributed by atoms with van der Waals surface area (Å²) in [6.45, 7) is 3.10. The van der Waals surface area contributed by atoms with Gasteiger partial charge in [-0.2, -0.15) is 0 Å². The van der Waals surface area contributed by atoms with Crippen molar-refractivity contribution in [2.24, 2.45) is 0 Å². The molecule has 0 atom stereocenters. The molecule has 4 nitrogen and oxygen atoms in total. The van der Waals surface area contributed by atoms with Crippen molar-refractivity contribution in [1.82, 2.24) is 5.32 Å². The zero-order chi connectivity index (χ0) is 21.1. The van der Waals surface area contributed by atoms with Gasteiger partial charge in [0.15, 0.2) is 0 Å². The summed E-state index contributed by atoms with van der Waals surface area (Å²) in [5, 5.41) is 3.15. The molecule has 0 bridgehead atoms. The van der Waals surface area contributed by atoms with Gasteiger partial charge < -0.3 is 10.2 Å². The third kappa shape index (κ3) is 3.98. The number of benzene rings is 2. The molecule has 4 rings (SSSR count). The molecular formula is C25H29FN2O2. The summed E-state index contributed by atoms with van der Waals surface area (Å²) in [5.74, 6) is -0.211. The fraction of sp³-hybridized carbons (Fsp3) is 0.440. The summed E-state index contributed by atoms with van der Waals surface area (Å²) in [6.07, 6.45) is 6.69. The van der Waals surface area contributed by atoms with Gasteiger partial charge in [0.1, 0.15) is 5.82 Å². The van der Waals surface area contributed by atoms with E-state index in [1.165, 1.54) is 18.6 Å². The molecule has 1 aliphatic carbocycles. The van der Waals surface area contributed by atoms with Crippen LogP contribution in [0.5, 0.6) is 0 Å². The zero-order valence-corrected chi connectivity index (χ0v) is 17.5. The average molecular weight is 409 g/mol. The lowest BCUT2D eigenvalue weighted by atomic mass is 9.69. The van der Waals surface area contributed by atoms with Crippen molar-refractivity contribution in [1.29, 1.82) is 0 Å². The highest BCUT2D eigenvalue weighted by atomic mass is 19.1. The van der Waals surface area contributed by atoms with Gasteiger partial charge in [0.2, 0.25) is 5.91 Å². The average Bonchev–Trinajstić information content (AvgIpc) is 3.21. The van der Waals surface area contributed by atoms with Crippen LogP contribution in [0.3, 0.4) is 0 Å². The van der Waals surface area contributed by atoms with Gasteiger partial charge in [-0.1, -0.05) is 38.3 Å². The van der Waals surface area contributed by atoms with Crippen molar-refractivity contribution in [2.75, 3.05) is 18.0 Å². The SMILES string of the molecule is CCC(=O)N1CCc2cc(C(=O)NCC3(c4ccc(F)cc4)CCCCC3)ccc21. The van der Waals surface area contributed by atoms with Crippen LogP contribution in [0, 0.1) is 5.82 Å². The van der Waals surface area contributed by atoms with Crippen LogP contribution < -0.4 is 10.2 Å². The Balaban J connectivity index is 1.49. The molecule has 2 aromatic carbocycles. The fourth-order valence-corrected chi connectivity index (χ4v) is 4.94. The molecule has 0 spiro atoms. The molecule has 5 heteroatoms. The number of carbonyl (C=O) groups is 2. The van der Waals surface area contributed by atoms with E-state index in [2.05, 4.69) is 5.32 Å². The van der Waals surface area contributed by atoms with Crippen molar-refractivity contribution >= 4 is 17.5 Å². The number of fused-ring (bicyclic) bond motifs is 1. The van der Waals surface area contributed by atoms with Gasteiger partial charge in [-0.15, -0.1) is 0 Å². The van der Waals surface area contributed by atoms with Gasteiger partial charge in [0, 0.05) is 36.2 Å². The van der Waals surface area contributed by atoms with Crippen molar-refractivity contribution in [3.8, 4) is 0 Å². The van der Waals surface area contributed by atoms with Crippen molar-refractivity contribution < 1.29 is 14.0 Å². The minimum absolute atomic E-state index is 0.0925. The van der Waals surface area contributed by atoms with E-state index in [9.17, 15) is 14.0 Å². The van der Waals surface area contributed by atoms with E-state index in [4.69, 9.17) is 0 Å². The van der Waals surface area contributed by atoms with Crippen LogP contribution in [0.15, 0.2) is 42.5 Å². The highest BCUT2D eigenvalue weighted by Crippen LogP contribution is 2.39. The summed E-state index contributed by atoms with van der Waals surface area (Å²) in [4.78, 5) is 26.8. The first-order valence-electron chi connectivity index (χ1n) is 11.0. The molecule has 0 unspecified atom stereocenters. The second-order valence-corrected chi connectivity index (χ2v) is 8.52. The summed E-state index contributed by atoms with van der Waals surface area (Å²) in [7, 11) is 0. The Morgan fingerprint density at radius 3 is 2.50 bits per heavy atom. The number of amides is 2. The number of hydrogen-bond donors (Lipinski definition) is 1. The number of hydrogen-bond acceptors (Lipinski definition) is 2. The van der Waals surface area contributed by atoms with E-state index in [0.29, 0.717) is 25.1 Å². The second kappa shape index (κ2) is 8.58. The van der Waals surface area contributed by atoms with E-state index in [1.807, 2.05) is 36.1 Å². The summed E-state index contributed by atoms with van der Waals surface area (Å²) in [5.41, 5.74) is 3.57. The molecule has 0 aromatic heterocycles. The number of anilines is 1. The third-order valence-corrected chi connectivity index (χ3v) is 6.70. The highest BCUT2D eigenvalue weighted by Gasteiger charge is 2.34. The fourth-order valence-electron chi connectivity index (χ4n) is 4.94. The molecule has 1 fully saturated rings. The first kappa shape index (κ1) is 20.6. The Labute approximate surface area is 177 Å². The zero-order valence-electron chi connectivity index (χ0n) is 17.5. The molecule has 1 saturated carbocycles. The molecule has 1 N–H and O–H groups in total. The van der Waals surface area contributed by atoms with Gasteiger partial charge in [0.05, 0.1) is 0 Å². The molecule has 30 heavy (non-hydrogen) atoms. The maximum Gasteiger partial charge on any atom is 0.251 e. The molecule has 2 aromatic rings. The van der Waals surface area contributed by atoms with Crippen molar-refractivity contribution in [3.63, 3.8) is 0 Å². The molecule has 0 radical (unpaired) electrons. The molecule has 2 amide bonds. The number of nitrogens with zero attached hydrogens (tertiary/aromatic N) is 1. The van der Waals surface area contributed by atoms with Gasteiger partial charge in [-0.25, -0.2) is 4.39 Å². The molecule has 2 aliphatic rings. The Kier molecular flexibility index (Phi) is 5.89. The van der Waals surface area contributed by atoms with Crippen LogP contribution in [0.4, 0.5) is 10.1 Å². The number of halogens is 1. The lowest BCUT2D eigenvalue weighted by Gasteiger charge is -2.38. The van der Waals surface area contributed by atoms with E-state index in [-0.39, 0.29) is 23.0 Å². The monoisotopic (exact) mass is 408 g/mol. The van der Waals surface area contributed by atoms with Crippen LogP contribution in [0.2, 0.25) is 0 Å². The maximum absolute atomic E-state index is 13.4. The Morgan fingerprint density at radius 1 is 1.07 bits per heavy atom. The van der Waals surface area contributed by atoms with E-state index >= 15 is 0 Å². The standard InChI is InChI=1S/C25H29FN2O2/c1-2-23(29)28-15-12-18-16-19(6-11-22(18)28)24(30)27-17-25(13-4-3-5-14-25)20-7-9-21(26)10-8-20/h6-11,16H,2-5,12-15,17H2,1H3,(H,27,30). The van der Waals surface area contributed by atoms with Crippen molar-refractivity contribution in [2.45, 2.75) is 57.3 Å². The summed E-state index contributed by atoms with van der Waals surface area (Å²) >= 11 is 0. The molecule has 0 saturated heterocycles. The van der Waals surface area contributed by atoms with Gasteiger partial charge in [-0.3, -0.25) is 9.59 Å². The lowest BCUT2D eigenvalue weighted by molar-refractivity contribution is -0.118. The summed E-state index contributed by atoms with van der Waals surface area (Å²) < 4.78 is 13.4. The van der Waals surface area contributed by atoms with Crippen LogP contribution in [-0.4, -0.2) is 24.9 Å². The first-order chi connectivity index (χ1) is 14.5. The topological polar surface area (TPSA) is 49.4 Å². The largest absolute Gasteiger partial charge is 0.351 e. The lowest BCUT2D eigenvalue weighted by Crippen LogP contribution is -2.42. The smallest absolute Gasteiger partial charge is 0.251 e. The molecular weight excluding hydrogens is 379 g/mol. The predicted octanol–water partition coefficient (Wildman–Crippen LogP) is 4.76. The third-order valence-electron chi connectivity index (χ3n) is 6.70. The van der Waals surface area contributed by atoms with Crippen LogP contribution in [0.1, 0.15) is 66.9 Å². The molecule has 1 heterocycles. The second-order valence-electron chi connectivity index (χ2n) is 8.52. The minimum atomic E-state index is -0.234. The van der Waals surface area contributed by atoms with Gasteiger partial charge in [-0.05, 0) is 60.7 Å². The predicted molar refractivity (Wildman–Crippen MR) is 116 cm³/mol. The van der Waals surface area contributed by atoms with E-state index < -0.39 is 0 Å². The quantitative estimate of drug-likeness (QED) is 0.776. The Morgan fingerprint density at radius 2 is 1.80 bits per heavy atom. The normalized spacial score (nSPS) is 17.5. The van der Waals surface area contributed by atoms with Gasteiger partial charge in [0.25, 0.3) is 5.91 Å². The van der Waals surface area contributed by atoms with Crippen LogP contribution >= 0.6 is 0 Å². The number of carbonyl (C=O) groups excluding carboxylic acids is 2. The van der Waals surface area contributed by atoms with Crippen LogP contribution in [0.25, 0.3) is 0 Å². The number of rotatable bonds is 5. The maximum atomic E-state index is 13.4. The molecule has 1 aliphatic heterocycles. The molecule has 158 valence electrons. The van der Waals surface area contributed by atoms with Crippen LogP contribution in [-0.2, 0) is 16.6 Å². The number of nitrogens with one attached hydrogen (secondary N) is 1.